The Morgan fingerprint density at radius 2 is 2.00 bits per heavy atom. The van der Waals surface area contributed by atoms with Gasteiger partial charge in [0.2, 0.25) is 5.91 Å². The summed E-state index contributed by atoms with van der Waals surface area (Å²) < 4.78 is 45.3. The molecule has 0 aromatic heterocycles. The number of methoxy groups -OCH3 is 2. The van der Waals surface area contributed by atoms with Crippen LogP contribution in [0.5, 0.6) is 11.5 Å². The molecule has 6 nitrogen and oxygen atoms in total. The van der Waals surface area contributed by atoms with E-state index in [1.165, 1.54) is 12.1 Å². The van der Waals surface area contributed by atoms with Crippen molar-refractivity contribution in [1.29, 1.82) is 0 Å². The standard InChI is InChI=1S/C25H28F2N2O4/c1-31-22-5-3-4-15(23(22)32-2)13-29(17-6-7-17)24(30)19-12-28-9-8-25(19)18-11-21(27)20(26)10-16(18)14-33-25/h3-5,10-11,17,19,28H,6-9,12-14H2,1-2H3/t19-,25+/m1/s1. The van der Waals surface area contributed by atoms with E-state index in [1.807, 2.05) is 23.1 Å². The van der Waals surface area contributed by atoms with Crippen molar-refractivity contribution in [2.75, 3.05) is 27.3 Å². The lowest BCUT2D eigenvalue weighted by Gasteiger charge is -2.43. The lowest BCUT2D eigenvalue weighted by molar-refractivity contribution is -0.157. The van der Waals surface area contributed by atoms with Crippen molar-refractivity contribution in [2.24, 2.45) is 5.92 Å². The van der Waals surface area contributed by atoms with Gasteiger partial charge in [-0.2, -0.15) is 0 Å². The number of para-hydroxylation sites is 1. The van der Waals surface area contributed by atoms with Crippen molar-refractivity contribution in [2.45, 2.75) is 44.1 Å². The molecule has 1 amide bonds. The molecule has 2 aliphatic heterocycles. The fraction of sp³-hybridized carbons (Fsp3) is 0.480. The highest BCUT2D eigenvalue weighted by molar-refractivity contribution is 5.82. The number of hydrogen-bond donors (Lipinski definition) is 1. The van der Waals surface area contributed by atoms with Crippen molar-refractivity contribution < 1.29 is 27.8 Å². The van der Waals surface area contributed by atoms with Crippen LogP contribution in [-0.4, -0.2) is 44.2 Å². The summed E-state index contributed by atoms with van der Waals surface area (Å²) in [5.41, 5.74) is 1.10. The van der Waals surface area contributed by atoms with Crippen molar-refractivity contribution in [3.8, 4) is 11.5 Å². The van der Waals surface area contributed by atoms with Gasteiger partial charge in [-0.05, 0) is 55.1 Å². The predicted molar refractivity (Wildman–Crippen MR) is 117 cm³/mol. The number of carbonyl (C=O) groups is 1. The summed E-state index contributed by atoms with van der Waals surface area (Å²) in [6, 6.07) is 8.18. The third-order valence-corrected chi connectivity index (χ3v) is 7.07. The smallest absolute Gasteiger partial charge is 0.230 e. The van der Waals surface area contributed by atoms with Crippen LogP contribution in [0.15, 0.2) is 30.3 Å². The topological polar surface area (TPSA) is 60.0 Å². The van der Waals surface area contributed by atoms with Gasteiger partial charge in [0.15, 0.2) is 23.1 Å². The van der Waals surface area contributed by atoms with E-state index >= 15 is 0 Å². The molecule has 0 radical (unpaired) electrons. The molecule has 1 aliphatic carbocycles. The fourth-order valence-corrected chi connectivity index (χ4v) is 5.26. The number of fused-ring (bicyclic) bond motifs is 2. The zero-order valence-corrected chi connectivity index (χ0v) is 18.8. The van der Waals surface area contributed by atoms with Gasteiger partial charge in [-0.3, -0.25) is 4.79 Å². The van der Waals surface area contributed by atoms with Crippen LogP contribution in [0, 0.1) is 17.6 Å². The number of benzene rings is 2. The molecule has 2 fully saturated rings. The number of hydrogen-bond acceptors (Lipinski definition) is 5. The quantitative estimate of drug-likeness (QED) is 0.718. The van der Waals surface area contributed by atoms with E-state index in [0.29, 0.717) is 48.7 Å². The number of ether oxygens (including phenoxy) is 3. The largest absolute Gasteiger partial charge is 0.493 e. The number of piperidine rings is 1. The minimum atomic E-state index is -0.961. The Bertz CT molecular complexity index is 1070. The zero-order chi connectivity index (χ0) is 23.2. The molecule has 0 unspecified atom stereocenters. The average molecular weight is 459 g/mol. The highest BCUT2D eigenvalue weighted by Crippen LogP contribution is 2.48. The molecule has 2 aromatic carbocycles. The SMILES string of the molecule is COc1cccc(CN(C(=O)[C@H]2CNCC[C@@]23OCc2cc(F)c(F)cc23)C2CC2)c1OC. The van der Waals surface area contributed by atoms with Crippen LogP contribution < -0.4 is 14.8 Å². The third kappa shape index (κ3) is 3.75. The molecule has 1 saturated heterocycles. The van der Waals surface area contributed by atoms with Crippen LogP contribution in [-0.2, 0) is 28.3 Å². The van der Waals surface area contributed by atoms with E-state index < -0.39 is 23.2 Å². The van der Waals surface area contributed by atoms with Crippen molar-refractivity contribution in [3.05, 3.63) is 58.7 Å². The van der Waals surface area contributed by atoms with Crippen LogP contribution in [0.1, 0.15) is 36.0 Å². The molecule has 2 atom stereocenters. The Morgan fingerprint density at radius 3 is 2.73 bits per heavy atom. The number of halogens is 2. The van der Waals surface area contributed by atoms with Crippen LogP contribution in [0.4, 0.5) is 8.78 Å². The van der Waals surface area contributed by atoms with E-state index in [9.17, 15) is 13.6 Å². The van der Waals surface area contributed by atoms with E-state index in [1.54, 1.807) is 14.2 Å². The van der Waals surface area contributed by atoms with E-state index in [0.717, 1.165) is 18.4 Å². The molecular formula is C25H28F2N2O4. The summed E-state index contributed by atoms with van der Waals surface area (Å²) >= 11 is 0. The lowest BCUT2D eigenvalue weighted by Crippen LogP contribution is -2.55. The van der Waals surface area contributed by atoms with Gasteiger partial charge in [-0.25, -0.2) is 8.78 Å². The van der Waals surface area contributed by atoms with Crippen LogP contribution in [0.2, 0.25) is 0 Å². The van der Waals surface area contributed by atoms with Crippen LogP contribution in [0.25, 0.3) is 0 Å². The molecule has 2 aromatic rings. The minimum absolute atomic E-state index is 0.0489. The molecule has 5 rings (SSSR count). The molecule has 1 saturated carbocycles. The van der Waals surface area contributed by atoms with Gasteiger partial charge in [-0.1, -0.05) is 12.1 Å². The first-order chi connectivity index (χ1) is 16.0. The fourth-order valence-electron chi connectivity index (χ4n) is 5.26. The molecule has 1 N–H and O–H groups in total. The Kier molecular flexibility index (Phi) is 5.74. The summed E-state index contributed by atoms with van der Waals surface area (Å²) in [6.07, 6.45) is 2.38. The van der Waals surface area contributed by atoms with E-state index in [-0.39, 0.29) is 18.6 Å². The number of rotatable bonds is 6. The molecule has 176 valence electrons. The third-order valence-electron chi connectivity index (χ3n) is 7.07. The Balaban J connectivity index is 1.49. The summed E-state index contributed by atoms with van der Waals surface area (Å²) in [4.78, 5) is 15.9. The Morgan fingerprint density at radius 1 is 1.21 bits per heavy atom. The molecular weight excluding hydrogens is 430 g/mol. The summed E-state index contributed by atoms with van der Waals surface area (Å²) in [5.74, 6) is -1.18. The number of amides is 1. The first-order valence-electron chi connectivity index (χ1n) is 11.3. The maximum Gasteiger partial charge on any atom is 0.230 e. The number of nitrogens with zero attached hydrogens (tertiary/aromatic N) is 1. The molecule has 2 heterocycles. The highest BCUT2D eigenvalue weighted by Gasteiger charge is 2.53. The molecule has 3 aliphatic rings. The van der Waals surface area contributed by atoms with Gasteiger partial charge < -0.3 is 24.4 Å². The van der Waals surface area contributed by atoms with E-state index in [4.69, 9.17) is 14.2 Å². The van der Waals surface area contributed by atoms with Gasteiger partial charge in [-0.15, -0.1) is 0 Å². The Hall–Kier alpha value is -2.71. The first-order valence-corrected chi connectivity index (χ1v) is 11.3. The summed E-state index contributed by atoms with van der Waals surface area (Å²) in [7, 11) is 3.17. The monoisotopic (exact) mass is 458 g/mol. The zero-order valence-electron chi connectivity index (χ0n) is 18.8. The van der Waals surface area contributed by atoms with Gasteiger partial charge in [0.1, 0.15) is 5.60 Å². The van der Waals surface area contributed by atoms with Gasteiger partial charge in [0.05, 0.1) is 26.7 Å². The molecule has 8 heteroatoms. The Labute approximate surface area is 191 Å². The van der Waals surface area contributed by atoms with Gasteiger partial charge in [0, 0.05) is 24.7 Å². The summed E-state index contributed by atoms with van der Waals surface area (Å²) in [5, 5.41) is 3.30. The molecule has 33 heavy (non-hydrogen) atoms. The van der Waals surface area contributed by atoms with Crippen LogP contribution >= 0.6 is 0 Å². The van der Waals surface area contributed by atoms with Crippen LogP contribution in [0.3, 0.4) is 0 Å². The number of nitrogens with one attached hydrogen (secondary N) is 1. The maximum absolute atomic E-state index is 14.2. The second-order valence-electron chi connectivity index (χ2n) is 8.96. The lowest BCUT2D eigenvalue weighted by atomic mass is 9.75. The van der Waals surface area contributed by atoms with Crippen molar-refractivity contribution in [3.63, 3.8) is 0 Å². The van der Waals surface area contributed by atoms with Crippen molar-refractivity contribution in [1.82, 2.24) is 10.2 Å². The predicted octanol–water partition coefficient (Wildman–Crippen LogP) is 3.51. The van der Waals surface area contributed by atoms with Crippen molar-refractivity contribution >= 4 is 5.91 Å². The summed E-state index contributed by atoms with van der Waals surface area (Å²) in [6.45, 7) is 1.59. The molecule has 1 spiro atoms. The second kappa shape index (κ2) is 8.57. The average Bonchev–Trinajstić information content (AvgIpc) is 3.62. The highest BCUT2D eigenvalue weighted by atomic mass is 19.2. The van der Waals surface area contributed by atoms with E-state index in [2.05, 4.69) is 5.32 Å². The molecule has 0 bridgehead atoms. The number of carbonyl (C=O) groups excluding carboxylic acids is 1. The maximum atomic E-state index is 14.2. The van der Waals surface area contributed by atoms with Gasteiger partial charge in [0.25, 0.3) is 0 Å². The first kappa shape index (κ1) is 22.1. The minimum Gasteiger partial charge on any atom is -0.493 e. The normalized spacial score (nSPS) is 23.9. The van der Waals surface area contributed by atoms with Gasteiger partial charge >= 0.3 is 0 Å². The second-order valence-corrected chi connectivity index (χ2v) is 8.96.